The Morgan fingerprint density at radius 1 is 1.14 bits per heavy atom. The molecule has 0 aromatic heterocycles. The van der Waals surface area contributed by atoms with E-state index in [1.165, 1.54) is 12.1 Å². The fourth-order valence-electron chi connectivity index (χ4n) is 1.66. The van der Waals surface area contributed by atoms with Gasteiger partial charge in [0.1, 0.15) is 18.2 Å². The Labute approximate surface area is 137 Å². The Bertz CT molecular complexity index is 704. The number of halogens is 4. The second-order valence-corrected chi connectivity index (χ2v) is 5.13. The minimum Gasteiger partial charge on any atom is -0.487 e. The summed E-state index contributed by atoms with van der Waals surface area (Å²) >= 11 is 17.5. The first-order valence-corrected chi connectivity index (χ1v) is 7.31. The molecule has 21 heavy (non-hydrogen) atoms. The van der Waals surface area contributed by atoms with Crippen LogP contribution in [0.25, 0.3) is 0 Å². The number of ether oxygens (including phenoxy) is 1. The quantitative estimate of drug-likeness (QED) is 0.542. The van der Waals surface area contributed by atoms with Crippen LogP contribution in [-0.2, 0) is 6.61 Å². The van der Waals surface area contributed by atoms with Crippen LogP contribution in [0.4, 0.5) is 4.39 Å². The Balaban J connectivity index is 2.23. The Kier molecular flexibility index (Phi) is 5.76. The third-order valence-electron chi connectivity index (χ3n) is 2.65. The van der Waals surface area contributed by atoms with E-state index in [-0.39, 0.29) is 12.5 Å². The molecule has 0 bridgehead atoms. The van der Waals surface area contributed by atoms with Gasteiger partial charge in [0.25, 0.3) is 0 Å². The van der Waals surface area contributed by atoms with Crippen LogP contribution in [0.5, 0.6) is 5.75 Å². The molecule has 0 spiro atoms. The number of benzene rings is 2. The van der Waals surface area contributed by atoms with Gasteiger partial charge >= 0.3 is 0 Å². The van der Waals surface area contributed by atoms with Crippen LogP contribution in [-0.4, -0.2) is 5.88 Å². The summed E-state index contributed by atoms with van der Waals surface area (Å²) in [6, 6.07) is 9.38. The van der Waals surface area contributed by atoms with Crippen molar-refractivity contribution in [3.05, 3.63) is 63.4 Å². The van der Waals surface area contributed by atoms with Crippen LogP contribution in [0, 0.1) is 17.7 Å². The first-order valence-electron chi connectivity index (χ1n) is 6.02. The zero-order chi connectivity index (χ0) is 15.2. The molecule has 0 fully saturated rings. The molecule has 0 aliphatic heterocycles. The van der Waals surface area contributed by atoms with Crippen LogP contribution < -0.4 is 4.74 Å². The molecule has 0 heterocycles. The van der Waals surface area contributed by atoms with Crippen LogP contribution in [0.15, 0.2) is 36.4 Å². The van der Waals surface area contributed by atoms with Crippen molar-refractivity contribution in [1.82, 2.24) is 0 Å². The lowest BCUT2D eigenvalue weighted by Gasteiger charge is -2.10. The van der Waals surface area contributed by atoms with E-state index in [9.17, 15) is 4.39 Å². The average molecular weight is 344 g/mol. The molecular formula is C16H10Cl3FO. The third kappa shape index (κ3) is 4.28. The number of rotatable bonds is 3. The summed E-state index contributed by atoms with van der Waals surface area (Å²) in [5, 5.41) is 0.864. The third-order valence-corrected chi connectivity index (χ3v) is 3.64. The molecule has 0 saturated heterocycles. The summed E-state index contributed by atoms with van der Waals surface area (Å²) in [6.45, 7) is 0.165. The molecule has 0 saturated carbocycles. The molecule has 0 radical (unpaired) electrons. The molecule has 0 atom stereocenters. The van der Waals surface area contributed by atoms with Gasteiger partial charge in [-0.25, -0.2) is 4.39 Å². The van der Waals surface area contributed by atoms with E-state index in [0.717, 1.165) is 0 Å². The van der Waals surface area contributed by atoms with E-state index in [1.54, 1.807) is 24.3 Å². The highest BCUT2D eigenvalue weighted by Gasteiger charge is 2.08. The lowest BCUT2D eigenvalue weighted by Crippen LogP contribution is -1.99. The molecule has 1 nitrogen and oxygen atoms in total. The van der Waals surface area contributed by atoms with E-state index in [4.69, 9.17) is 39.5 Å². The summed E-state index contributed by atoms with van der Waals surface area (Å²) in [5.74, 6) is 5.65. The predicted molar refractivity (Wildman–Crippen MR) is 84.8 cm³/mol. The summed E-state index contributed by atoms with van der Waals surface area (Å²) in [6.07, 6.45) is 0. The number of hydrogen-bond acceptors (Lipinski definition) is 1. The minimum atomic E-state index is -0.404. The molecule has 0 aliphatic carbocycles. The highest BCUT2D eigenvalue weighted by molar-refractivity contribution is 6.42. The van der Waals surface area contributed by atoms with Gasteiger partial charge < -0.3 is 4.74 Å². The Morgan fingerprint density at radius 2 is 1.95 bits per heavy atom. The van der Waals surface area contributed by atoms with E-state index in [0.29, 0.717) is 26.9 Å². The van der Waals surface area contributed by atoms with Gasteiger partial charge in [-0.1, -0.05) is 47.2 Å². The zero-order valence-corrected chi connectivity index (χ0v) is 13.1. The van der Waals surface area contributed by atoms with Crippen molar-refractivity contribution in [3.8, 4) is 17.6 Å². The van der Waals surface area contributed by atoms with Gasteiger partial charge in [-0.2, -0.15) is 0 Å². The summed E-state index contributed by atoms with van der Waals surface area (Å²) in [4.78, 5) is 0. The molecule has 0 N–H and O–H groups in total. The standard InChI is InChI=1S/C16H10Cl3FO/c17-8-2-4-11-6-7-13(20)9-15(11)21-10-12-3-1-5-14(18)16(12)19/h1,3,5-7,9H,8,10H2. The normalized spacial score (nSPS) is 9.90. The average Bonchev–Trinajstić information content (AvgIpc) is 2.48. The largest absolute Gasteiger partial charge is 0.487 e. The van der Waals surface area contributed by atoms with E-state index in [2.05, 4.69) is 11.8 Å². The molecule has 0 amide bonds. The van der Waals surface area contributed by atoms with Crippen molar-refractivity contribution < 1.29 is 9.13 Å². The topological polar surface area (TPSA) is 9.23 Å². The van der Waals surface area contributed by atoms with E-state index >= 15 is 0 Å². The van der Waals surface area contributed by atoms with Gasteiger partial charge in [0.15, 0.2) is 0 Å². The van der Waals surface area contributed by atoms with Crippen molar-refractivity contribution in [2.45, 2.75) is 6.61 Å². The van der Waals surface area contributed by atoms with Crippen LogP contribution in [0.1, 0.15) is 11.1 Å². The maximum absolute atomic E-state index is 13.3. The Morgan fingerprint density at radius 3 is 2.71 bits per heavy atom. The monoisotopic (exact) mass is 342 g/mol. The molecule has 2 aromatic carbocycles. The molecular weight excluding hydrogens is 334 g/mol. The van der Waals surface area contributed by atoms with Crippen LogP contribution in [0.3, 0.4) is 0 Å². The summed E-state index contributed by atoms with van der Waals surface area (Å²) < 4.78 is 18.9. The fraction of sp³-hybridized carbons (Fsp3) is 0.125. The maximum atomic E-state index is 13.3. The van der Waals surface area contributed by atoms with E-state index in [1.807, 2.05) is 0 Å². The summed E-state index contributed by atoms with van der Waals surface area (Å²) in [5.41, 5.74) is 1.28. The second kappa shape index (κ2) is 7.56. The number of alkyl halides is 1. The smallest absolute Gasteiger partial charge is 0.138 e. The van der Waals surface area contributed by atoms with Gasteiger partial charge in [-0.3, -0.25) is 0 Å². The molecule has 108 valence electrons. The maximum Gasteiger partial charge on any atom is 0.138 e. The first kappa shape index (κ1) is 16.0. The fourth-order valence-corrected chi connectivity index (χ4v) is 2.10. The van der Waals surface area contributed by atoms with Crippen molar-refractivity contribution in [1.29, 1.82) is 0 Å². The predicted octanol–water partition coefficient (Wildman–Crippen LogP) is 5.30. The van der Waals surface area contributed by atoms with Crippen molar-refractivity contribution in [3.63, 3.8) is 0 Å². The highest BCUT2D eigenvalue weighted by Crippen LogP contribution is 2.27. The zero-order valence-electron chi connectivity index (χ0n) is 10.8. The SMILES string of the molecule is Fc1ccc(C#CCCl)c(OCc2cccc(Cl)c2Cl)c1. The molecule has 0 unspecified atom stereocenters. The lowest BCUT2D eigenvalue weighted by atomic mass is 10.2. The second-order valence-electron chi connectivity index (χ2n) is 4.08. The molecule has 0 aliphatic rings. The van der Waals surface area contributed by atoms with E-state index < -0.39 is 5.82 Å². The van der Waals surface area contributed by atoms with Crippen LogP contribution >= 0.6 is 34.8 Å². The van der Waals surface area contributed by atoms with Gasteiger partial charge in [0.2, 0.25) is 0 Å². The number of hydrogen-bond donors (Lipinski definition) is 0. The summed E-state index contributed by atoms with van der Waals surface area (Å²) in [7, 11) is 0. The highest BCUT2D eigenvalue weighted by atomic mass is 35.5. The van der Waals surface area contributed by atoms with Gasteiger partial charge in [-0.05, 0) is 18.2 Å². The van der Waals surface area contributed by atoms with Gasteiger partial charge in [0.05, 0.1) is 21.5 Å². The molecule has 2 rings (SSSR count). The lowest BCUT2D eigenvalue weighted by molar-refractivity contribution is 0.304. The van der Waals surface area contributed by atoms with Gasteiger partial charge in [-0.15, -0.1) is 11.6 Å². The molecule has 2 aromatic rings. The van der Waals surface area contributed by atoms with Gasteiger partial charge in [0, 0.05) is 11.6 Å². The van der Waals surface area contributed by atoms with Crippen molar-refractivity contribution >= 4 is 34.8 Å². The molecule has 5 heteroatoms. The minimum absolute atomic E-state index is 0.165. The van der Waals surface area contributed by atoms with Crippen LogP contribution in [0.2, 0.25) is 10.0 Å². The van der Waals surface area contributed by atoms with Crippen molar-refractivity contribution in [2.24, 2.45) is 0 Å². The van der Waals surface area contributed by atoms with Crippen molar-refractivity contribution in [2.75, 3.05) is 5.88 Å². The first-order chi connectivity index (χ1) is 10.1. The Hall–Kier alpha value is -1.40.